The lowest BCUT2D eigenvalue weighted by Gasteiger charge is -2.17. The Balaban J connectivity index is 2.48. The summed E-state index contributed by atoms with van der Waals surface area (Å²) >= 11 is 0. The van der Waals surface area contributed by atoms with E-state index in [0.29, 0.717) is 17.9 Å². The molecule has 0 saturated heterocycles. The number of aromatic nitrogens is 1. The SMILES string of the molecule is C=CCCCN(C)C(=O)Nc1ccc(CC(=O)O)nc1. The normalized spacial score (nSPS) is 9.85. The summed E-state index contributed by atoms with van der Waals surface area (Å²) in [4.78, 5) is 27.9. The third-order valence-corrected chi connectivity index (χ3v) is 2.66. The monoisotopic (exact) mass is 277 g/mol. The molecular formula is C14H19N3O3. The van der Waals surface area contributed by atoms with Crippen molar-refractivity contribution >= 4 is 17.7 Å². The van der Waals surface area contributed by atoms with Crippen LogP contribution in [0.15, 0.2) is 31.0 Å². The lowest BCUT2D eigenvalue weighted by Crippen LogP contribution is -2.32. The molecule has 1 aromatic heterocycles. The Hall–Kier alpha value is -2.37. The number of nitrogens with zero attached hydrogens (tertiary/aromatic N) is 2. The first-order chi connectivity index (χ1) is 9.52. The summed E-state index contributed by atoms with van der Waals surface area (Å²) in [5, 5.41) is 11.3. The number of nitrogens with one attached hydrogen (secondary N) is 1. The van der Waals surface area contributed by atoms with Crippen LogP contribution in [0.1, 0.15) is 18.5 Å². The molecule has 0 radical (unpaired) electrons. The number of hydrogen-bond donors (Lipinski definition) is 2. The van der Waals surface area contributed by atoms with Crippen molar-refractivity contribution in [3.8, 4) is 0 Å². The lowest BCUT2D eigenvalue weighted by molar-refractivity contribution is -0.136. The van der Waals surface area contributed by atoms with Crippen molar-refractivity contribution in [1.29, 1.82) is 0 Å². The van der Waals surface area contributed by atoms with E-state index in [-0.39, 0.29) is 12.5 Å². The number of pyridine rings is 1. The van der Waals surface area contributed by atoms with E-state index in [1.807, 2.05) is 6.08 Å². The van der Waals surface area contributed by atoms with Crippen LogP contribution in [0.4, 0.5) is 10.5 Å². The van der Waals surface area contributed by atoms with Gasteiger partial charge in [-0.2, -0.15) is 0 Å². The van der Waals surface area contributed by atoms with Gasteiger partial charge in [0, 0.05) is 13.6 Å². The van der Waals surface area contributed by atoms with E-state index in [9.17, 15) is 9.59 Å². The molecule has 0 unspecified atom stereocenters. The van der Waals surface area contributed by atoms with Crippen LogP contribution in [0, 0.1) is 0 Å². The van der Waals surface area contributed by atoms with Gasteiger partial charge in [-0.05, 0) is 25.0 Å². The summed E-state index contributed by atoms with van der Waals surface area (Å²) in [6, 6.07) is 3.00. The van der Waals surface area contributed by atoms with Crippen molar-refractivity contribution in [3.05, 3.63) is 36.7 Å². The standard InChI is InChI=1S/C14H19N3O3/c1-3-4-5-8-17(2)14(20)16-12-7-6-11(15-10-12)9-13(18)19/h3,6-7,10H,1,4-5,8-9H2,2H3,(H,16,20)(H,18,19). The van der Waals surface area contributed by atoms with E-state index in [1.54, 1.807) is 24.1 Å². The maximum Gasteiger partial charge on any atom is 0.321 e. The largest absolute Gasteiger partial charge is 0.481 e. The number of allylic oxidation sites excluding steroid dienone is 1. The second kappa shape index (κ2) is 7.93. The van der Waals surface area contributed by atoms with E-state index < -0.39 is 5.97 Å². The van der Waals surface area contributed by atoms with Crippen LogP contribution in [0.3, 0.4) is 0 Å². The molecule has 0 saturated carbocycles. The minimum atomic E-state index is -0.934. The number of carboxylic acid groups (broad SMARTS) is 1. The van der Waals surface area contributed by atoms with Gasteiger partial charge in [-0.15, -0.1) is 6.58 Å². The zero-order valence-electron chi connectivity index (χ0n) is 11.5. The molecule has 6 nitrogen and oxygen atoms in total. The first kappa shape index (κ1) is 15.7. The Morgan fingerprint density at radius 2 is 2.25 bits per heavy atom. The number of carboxylic acids is 1. The van der Waals surface area contributed by atoms with Gasteiger partial charge in [0.25, 0.3) is 0 Å². The molecule has 0 aliphatic carbocycles. The zero-order valence-corrected chi connectivity index (χ0v) is 11.5. The van der Waals surface area contributed by atoms with E-state index in [4.69, 9.17) is 5.11 Å². The van der Waals surface area contributed by atoms with Crippen molar-refractivity contribution in [2.75, 3.05) is 18.9 Å². The number of rotatable bonds is 7. The highest BCUT2D eigenvalue weighted by atomic mass is 16.4. The number of unbranched alkanes of at least 4 members (excludes halogenated alkanes) is 1. The number of amides is 2. The molecule has 1 aromatic rings. The maximum atomic E-state index is 11.8. The minimum Gasteiger partial charge on any atom is -0.481 e. The van der Waals surface area contributed by atoms with Crippen molar-refractivity contribution < 1.29 is 14.7 Å². The molecule has 6 heteroatoms. The summed E-state index contributed by atoms with van der Waals surface area (Å²) in [6.45, 7) is 4.27. The first-order valence-electron chi connectivity index (χ1n) is 6.32. The van der Waals surface area contributed by atoms with Gasteiger partial charge in [0.1, 0.15) is 0 Å². The topological polar surface area (TPSA) is 82.5 Å². The predicted octanol–water partition coefficient (Wildman–Crippen LogP) is 2.14. The van der Waals surface area contributed by atoms with Gasteiger partial charge in [0.05, 0.1) is 24.0 Å². The molecule has 108 valence electrons. The van der Waals surface area contributed by atoms with Crippen LogP contribution in [0.5, 0.6) is 0 Å². The fraction of sp³-hybridized carbons (Fsp3) is 0.357. The van der Waals surface area contributed by atoms with Gasteiger partial charge in [0.2, 0.25) is 0 Å². The van der Waals surface area contributed by atoms with Crippen molar-refractivity contribution in [2.45, 2.75) is 19.3 Å². The fourth-order valence-corrected chi connectivity index (χ4v) is 1.55. The quantitative estimate of drug-likeness (QED) is 0.591. The van der Waals surface area contributed by atoms with Gasteiger partial charge in [0.15, 0.2) is 0 Å². The Bertz CT molecular complexity index is 471. The van der Waals surface area contributed by atoms with E-state index in [2.05, 4.69) is 16.9 Å². The summed E-state index contributed by atoms with van der Waals surface area (Å²) in [5.41, 5.74) is 0.995. The van der Waals surface area contributed by atoms with Crippen molar-refractivity contribution in [1.82, 2.24) is 9.88 Å². The molecule has 1 rings (SSSR count). The summed E-state index contributed by atoms with van der Waals surface area (Å²) in [5.74, 6) is -0.934. The molecule has 0 aliphatic heterocycles. The highest BCUT2D eigenvalue weighted by molar-refractivity contribution is 5.88. The smallest absolute Gasteiger partial charge is 0.321 e. The molecule has 0 spiro atoms. The molecule has 0 fully saturated rings. The van der Waals surface area contributed by atoms with Crippen LogP contribution >= 0.6 is 0 Å². The van der Waals surface area contributed by atoms with Crippen LogP contribution < -0.4 is 5.32 Å². The maximum absolute atomic E-state index is 11.8. The Kier molecular flexibility index (Phi) is 6.22. The molecule has 0 atom stereocenters. The molecular weight excluding hydrogens is 258 g/mol. The first-order valence-corrected chi connectivity index (χ1v) is 6.32. The molecule has 0 bridgehead atoms. The van der Waals surface area contributed by atoms with Crippen LogP contribution in [0.2, 0.25) is 0 Å². The van der Waals surface area contributed by atoms with Crippen LogP contribution in [0.25, 0.3) is 0 Å². The molecule has 1 heterocycles. The summed E-state index contributed by atoms with van der Waals surface area (Å²) in [6.07, 6.45) is 4.87. The highest BCUT2D eigenvalue weighted by Crippen LogP contribution is 2.08. The molecule has 2 N–H and O–H groups in total. The predicted molar refractivity (Wildman–Crippen MR) is 76.7 cm³/mol. The second-order valence-corrected chi connectivity index (χ2v) is 4.39. The number of urea groups is 1. The Morgan fingerprint density at radius 1 is 1.50 bits per heavy atom. The van der Waals surface area contributed by atoms with Crippen LogP contribution in [-0.2, 0) is 11.2 Å². The van der Waals surface area contributed by atoms with E-state index in [1.165, 1.54) is 6.20 Å². The Morgan fingerprint density at radius 3 is 2.80 bits per heavy atom. The Labute approximate surface area is 118 Å². The van der Waals surface area contributed by atoms with E-state index in [0.717, 1.165) is 12.8 Å². The summed E-state index contributed by atoms with van der Waals surface area (Å²) < 4.78 is 0. The average Bonchev–Trinajstić information content (AvgIpc) is 2.40. The molecule has 0 aromatic carbocycles. The van der Waals surface area contributed by atoms with Gasteiger partial charge >= 0.3 is 12.0 Å². The number of aliphatic carboxylic acids is 1. The number of anilines is 1. The fourth-order valence-electron chi connectivity index (χ4n) is 1.55. The van der Waals surface area contributed by atoms with Gasteiger partial charge in [-0.25, -0.2) is 4.79 Å². The third-order valence-electron chi connectivity index (χ3n) is 2.66. The van der Waals surface area contributed by atoms with E-state index >= 15 is 0 Å². The van der Waals surface area contributed by atoms with Gasteiger partial charge in [-0.1, -0.05) is 6.08 Å². The average molecular weight is 277 g/mol. The second-order valence-electron chi connectivity index (χ2n) is 4.39. The summed E-state index contributed by atoms with van der Waals surface area (Å²) in [7, 11) is 1.71. The van der Waals surface area contributed by atoms with Gasteiger partial charge < -0.3 is 15.3 Å². The third kappa shape index (κ3) is 5.51. The van der Waals surface area contributed by atoms with Crippen molar-refractivity contribution in [2.24, 2.45) is 0 Å². The lowest BCUT2D eigenvalue weighted by atomic mass is 10.2. The molecule has 20 heavy (non-hydrogen) atoms. The minimum absolute atomic E-state index is 0.129. The molecule has 0 aliphatic rings. The number of carbonyl (C=O) groups excluding carboxylic acids is 1. The van der Waals surface area contributed by atoms with Crippen molar-refractivity contribution in [3.63, 3.8) is 0 Å². The number of carbonyl (C=O) groups is 2. The number of hydrogen-bond acceptors (Lipinski definition) is 3. The highest BCUT2D eigenvalue weighted by Gasteiger charge is 2.08. The van der Waals surface area contributed by atoms with Crippen LogP contribution in [-0.4, -0.2) is 40.6 Å². The molecule has 2 amide bonds. The zero-order chi connectivity index (χ0) is 15.0. The van der Waals surface area contributed by atoms with Gasteiger partial charge in [-0.3, -0.25) is 9.78 Å².